The summed E-state index contributed by atoms with van der Waals surface area (Å²) in [7, 11) is 0. The van der Waals surface area contributed by atoms with Gasteiger partial charge in [0, 0.05) is 74.5 Å². The maximum atomic E-state index is 13.4. The van der Waals surface area contributed by atoms with Crippen LogP contribution in [0.1, 0.15) is 72.5 Å². The predicted octanol–water partition coefficient (Wildman–Crippen LogP) is 4.92. The second kappa shape index (κ2) is 11.5. The van der Waals surface area contributed by atoms with E-state index in [0.717, 1.165) is 75.0 Å². The van der Waals surface area contributed by atoms with Crippen LogP contribution in [0.15, 0.2) is 36.1 Å². The molecule has 0 saturated carbocycles. The fourth-order valence-electron chi connectivity index (χ4n) is 7.30. The molecule has 3 aromatic rings. The van der Waals surface area contributed by atoms with Crippen molar-refractivity contribution in [3.8, 4) is 10.6 Å². The van der Waals surface area contributed by atoms with Gasteiger partial charge >= 0.3 is 0 Å². The zero-order chi connectivity index (χ0) is 28.7. The fraction of sp³-hybridized carbons (Fsp3) is 0.562. The van der Waals surface area contributed by atoms with Crippen molar-refractivity contribution < 1.29 is 9.53 Å². The number of aryl methyl sites for hydroxylation is 2. The summed E-state index contributed by atoms with van der Waals surface area (Å²) in [6, 6.07) is 7.58. The fourth-order valence-corrected chi connectivity index (χ4v) is 7.93. The highest BCUT2D eigenvalue weighted by Gasteiger charge is 2.44. The third-order valence-corrected chi connectivity index (χ3v) is 10.5. The summed E-state index contributed by atoms with van der Waals surface area (Å²) in [4.78, 5) is 33.8. The van der Waals surface area contributed by atoms with Crippen LogP contribution in [0.5, 0.6) is 0 Å². The van der Waals surface area contributed by atoms with Crippen LogP contribution in [0.2, 0.25) is 0 Å². The number of aromatic nitrogens is 3. The number of hydrogen-bond acceptors (Lipinski definition) is 8. The summed E-state index contributed by atoms with van der Waals surface area (Å²) < 4.78 is 6.37. The Labute approximate surface area is 247 Å². The van der Waals surface area contributed by atoms with Gasteiger partial charge in [0.25, 0.3) is 5.91 Å². The third-order valence-electron chi connectivity index (χ3n) is 9.66. The van der Waals surface area contributed by atoms with Crippen molar-refractivity contribution in [2.45, 2.75) is 77.6 Å². The predicted molar refractivity (Wildman–Crippen MR) is 162 cm³/mol. The topological polar surface area (TPSA) is 74.7 Å². The number of benzene rings is 1. The Bertz CT molecular complexity index is 1370. The number of nitrogens with zero attached hydrogens (tertiary/aromatic N) is 6. The van der Waals surface area contributed by atoms with E-state index in [-0.39, 0.29) is 23.6 Å². The first-order chi connectivity index (χ1) is 19.8. The molecule has 4 heterocycles. The van der Waals surface area contributed by atoms with Crippen LogP contribution >= 0.6 is 11.3 Å². The molecule has 0 N–H and O–H groups in total. The largest absolute Gasteiger partial charge is 0.376 e. The summed E-state index contributed by atoms with van der Waals surface area (Å²) in [6.45, 7) is 16.0. The summed E-state index contributed by atoms with van der Waals surface area (Å²) in [6.07, 6.45) is 6.50. The number of likely N-dealkylation sites (tertiary alicyclic amines) is 1. The van der Waals surface area contributed by atoms with Gasteiger partial charge in [0.05, 0.1) is 29.1 Å². The molecular formula is C32H42N6O2S. The van der Waals surface area contributed by atoms with Gasteiger partial charge in [-0.25, -0.2) is 15.0 Å². The molecule has 41 heavy (non-hydrogen) atoms. The molecule has 1 aliphatic carbocycles. The molecule has 0 spiro atoms. The van der Waals surface area contributed by atoms with E-state index in [2.05, 4.69) is 63.7 Å². The summed E-state index contributed by atoms with van der Waals surface area (Å²) >= 11 is 1.69. The molecular weight excluding hydrogens is 532 g/mol. The van der Waals surface area contributed by atoms with E-state index in [0.29, 0.717) is 11.6 Å². The summed E-state index contributed by atoms with van der Waals surface area (Å²) in [5.41, 5.74) is 6.29. The molecule has 2 saturated heterocycles. The monoisotopic (exact) mass is 574 g/mol. The van der Waals surface area contributed by atoms with Gasteiger partial charge in [-0.15, -0.1) is 11.3 Å². The highest BCUT2D eigenvalue weighted by molar-refractivity contribution is 7.13. The van der Waals surface area contributed by atoms with Crippen LogP contribution in [0.25, 0.3) is 10.6 Å². The molecule has 3 aliphatic rings. The lowest BCUT2D eigenvalue weighted by molar-refractivity contribution is -0.0630. The molecule has 6 rings (SSSR count). The van der Waals surface area contributed by atoms with Crippen molar-refractivity contribution >= 4 is 17.2 Å². The number of piperidine rings is 1. The molecule has 0 radical (unpaired) electrons. The number of piperazine rings is 1. The Kier molecular flexibility index (Phi) is 7.98. The van der Waals surface area contributed by atoms with E-state index in [1.54, 1.807) is 11.3 Å². The number of thiazole rings is 1. The van der Waals surface area contributed by atoms with Crippen LogP contribution in [-0.4, -0.2) is 92.6 Å². The summed E-state index contributed by atoms with van der Waals surface area (Å²) in [5.74, 6) is 0.0701. The van der Waals surface area contributed by atoms with Crippen molar-refractivity contribution in [1.29, 1.82) is 0 Å². The average molecular weight is 575 g/mol. The molecule has 3 unspecified atom stereocenters. The molecule has 2 fully saturated rings. The third kappa shape index (κ3) is 5.33. The molecule has 1 aromatic carbocycles. The first-order valence-corrected chi connectivity index (χ1v) is 15.9. The quantitative estimate of drug-likeness (QED) is 0.414. The maximum absolute atomic E-state index is 13.4. The second-order valence-corrected chi connectivity index (χ2v) is 13.0. The Morgan fingerprint density at radius 1 is 1.10 bits per heavy atom. The Balaban J connectivity index is 1.13. The molecule has 9 heteroatoms. The first kappa shape index (κ1) is 28.4. The minimum atomic E-state index is 0.0701. The minimum absolute atomic E-state index is 0.0701. The molecule has 218 valence electrons. The van der Waals surface area contributed by atoms with Crippen molar-refractivity contribution in [2.24, 2.45) is 0 Å². The van der Waals surface area contributed by atoms with Gasteiger partial charge in [-0.1, -0.05) is 12.1 Å². The molecule has 3 atom stereocenters. The van der Waals surface area contributed by atoms with Crippen LogP contribution in [0.3, 0.4) is 0 Å². The summed E-state index contributed by atoms with van der Waals surface area (Å²) in [5, 5.41) is 3.12. The van der Waals surface area contributed by atoms with Crippen LogP contribution in [0, 0.1) is 13.8 Å². The number of rotatable bonds is 6. The lowest BCUT2D eigenvalue weighted by Gasteiger charge is -2.53. The van der Waals surface area contributed by atoms with Gasteiger partial charge in [0.15, 0.2) is 0 Å². The van der Waals surface area contributed by atoms with E-state index in [1.807, 2.05) is 30.3 Å². The first-order valence-electron chi connectivity index (χ1n) is 15.0. The highest BCUT2D eigenvalue weighted by atomic mass is 32.1. The van der Waals surface area contributed by atoms with Crippen LogP contribution in [0.4, 0.5) is 0 Å². The number of carbonyl (C=O) groups is 1. The van der Waals surface area contributed by atoms with Gasteiger partial charge in [-0.3, -0.25) is 14.6 Å². The average Bonchev–Trinajstić information content (AvgIpc) is 3.62. The molecule has 2 aromatic heterocycles. The number of amides is 1. The SMILES string of the molecule is CCOC1Cc2cc(-c3nccs3)ccc2C1N1CCN(C2(C)CCN(C(=O)c3c(C)ncnc3C)CC2)CC1C. The van der Waals surface area contributed by atoms with Crippen LogP contribution in [-0.2, 0) is 11.2 Å². The Morgan fingerprint density at radius 3 is 2.51 bits per heavy atom. The number of fused-ring (bicyclic) bond motifs is 1. The zero-order valence-corrected chi connectivity index (χ0v) is 25.8. The molecule has 2 aliphatic heterocycles. The zero-order valence-electron chi connectivity index (χ0n) is 25.0. The molecule has 8 nitrogen and oxygen atoms in total. The number of ether oxygens (including phenoxy) is 1. The van der Waals surface area contributed by atoms with Gasteiger partial charge in [-0.05, 0) is 64.7 Å². The van der Waals surface area contributed by atoms with Gasteiger partial charge in [0.1, 0.15) is 11.3 Å². The van der Waals surface area contributed by atoms with Gasteiger partial charge in [0.2, 0.25) is 0 Å². The maximum Gasteiger partial charge on any atom is 0.257 e. The Morgan fingerprint density at radius 2 is 1.85 bits per heavy atom. The van der Waals surface area contributed by atoms with Crippen molar-refractivity contribution in [3.05, 3.63) is 64.2 Å². The standard InChI is InChI=1S/C32H42N6O2S/c1-6-40-27-18-25-17-24(30-33-11-16-41-30)7-8-26(25)29(27)38-15-14-37(19-21(38)2)32(5)9-12-36(13-10-32)31(39)28-22(3)34-20-35-23(28)4/h7-8,11,16-17,20-21,27,29H,6,9-10,12-15,18-19H2,1-5H3. The number of hydrogen-bond donors (Lipinski definition) is 0. The molecule has 0 bridgehead atoms. The van der Waals surface area contributed by atoms with Crippen molar-refractivity contribution in [2.75, 3.05) is 39.3 Å². The minimum Gasteiger partial charge on any atom is -0.376 e. The Hall–Kier alpha value is -2.72. The van der Waals surface area contributed by atoms with Gasteiger partial charge < -0.3 is 9.64 Å². The lowest BCUT2D eigenvalue weighted by atomic mass is 9.86. The smallest absolute Gasteiger partial charge is 0.257 e. The normalized spacial score (nSPS) is 24.9. The van der Waals surface area contributed by atoms with E-state index in [1.165, 1.54) is 23.0 Å². The van der Waals surface area contributed by atoms with E-state index in [4.69, 9.17) is 4.74 Å². The molecule has 1 amide bonds. The van der Waals surface area contributed by atoms with E-state index < -0.39 is 0 Å². The van der Waals surface area contributed by atoms with Crippen molar-refractivity contribution in [1.82, 2.24) is 29.7 Å². The highest BCUT2D eigenvalue weighted by Crippen LogP contribution is 2.42. The number of carbonyl (C=O) groups excluding carboxylic acids is 1. The van der Waals surface area contributed by atoms with Gasteiger partial charge in [-0.2, -0.15) is 0 Å². The lowest BCUT2D eigenvalue weighted by Crippen LogP contribution is -2.62. The van der Waals surface area contributed by atoms with Crippen molar-refractivity contribution in [3.63, 3.8) is 0 Å². The van der Waals surface area contributed by atoms with Crippen LogP contribution < -0.4 is 0 Å². The second-order valence-electron chi connectivity index (χ2n) is 12.1. The van der Waals surface area contributed by atoms with E-state index >= 15 is 0 Å². The van der Waals surface area contributed by atoms with E-state index in [9.17, 15) is 4.79 Å².